The Bertz CT molecular complexity index is 277. The summed E-state index contributed by atoms with van der Waals surface area (Å²) in [5.74, 6) is 1.19. The van der Waals surface area contributed by atoms with E-state index in [1.54, 1.807) is 0 Å². The van der Waals surface area contributed by atoms with Crippen LogP contribution in [0, 0.1) is 0 Å². The number of unbranched alkanes of at least 4 members (excludes halogenated alkanes) is 1. The molecule has 0 rings (SSSR count). The van der Waals surface area contributed by atoms with E-state index in [4.69, 9.17) is 0 Å². The molecule has 0 aromatic rings. The van der Waals surface area contributed by atoms with Gasteiger partial charge in [0.25, 0.3) is 0 Å². The largest absolute Gasteiger partial charge is 0.315 e. The Morgan fingerprint density at radius 1 is 1.25 bits per heavy atom. The summed E-state index contributed by atoms with van der Waals surface area (Å²) in [4.78, 5) is 0. The van der Waals surface area contributed by atoms with Crippen molar-refractivity contribution in [3.05, 3.63) is 0 Å². The number of hydrogen-bond donors (Lipinski definition) is 2. The first-order valence-corrected chi connectivity index (χ1v) is 8.74. The van der Waals surface area contributed by atoms with Gasteiger partial charge in [-0.1, -0.05) is 0 Å². The summed E-state index contributed by atoms with van der Waals surface area (Å²) in [7, 11) is -3.13. The molecule has 0 aliphatic rings. The molecule has 0 heterocycles. The van der Waals surface area contributed by atoms with Crippen molar-refractivity contribution in [1.82, 2.24) is 10.0 Å². The zero-order valence-electron chi connectivity index (χ0n) is 10.7. The zero-order chi connectivity index (χ0) is 12.7. The molecule has 6 heteroatoms. The lowest BCUT2D eigenvalue weighted by Gasteiger charge is -2.25. The molecule has 0 spiro atoms. The maximum Gasteiger partial charge on any atom is 0.209 e. The van der Waals surface area contributed by atoms with Gasteiger partial charge in [0, 0.05) is 12.1 Å². The van der Waals surface area contributed by atoms with Gasteiger partial charge in [0.1, 0.15) is 0 Å². The Labute approximate surface area is 104 Å². The number of rotatable bonds is 9. The van der Waals surface area contributed by atoms with E-state index in [0.717, 1.165) is 13.0 Å². The smallest absolute Gasteiger partial charge is 0.209 e. The monoisotopic (exact) mass is 268 g/mol. The van der Waals surface area contributed by atoms with E-state index in [1.807, 2.05) is 25.6 Å². The van der Waals surface area contributed by atoms with Crippen LogP contribution in [0.1, 0.15) is 26.7 Å². The molecule has 0 aromatic carbocycles. The highest BCUT2D eigenvalue weighted by atomic mass is 32.2. The highest BCUT2D eigenvalue weighted by molar-refractivity contribution is 7.98. The van der Waals surface area contributed by atoms with Gasteiger partial charge in [-0.25, -0.2) is 13.1 Å². The topological polar surface area (TPSA) is 58.2 Å². The van der Waals surface area contributed by atoms with Crippen LogP contribution in [0.2, 0.25) is 0 Å². The van der Waals surface area contributed by atoms with Gasteiger partial charge >= 0.3 is 0 Å². The number of thioether (sulfide) groups is 1. The van der Waals surface area contributed by atoms with Crippen molar-refractivity contribution in [2.24, 2.45) is 0 Å². The third kappa shape index (κ3) is 10.7. The molecule has 0 radical (unpaired) electrons. The fraction of sp³-hybridized carbons (Fsp3) is 1.00. The van der Waals surface area contributed by atoms with Gasteiger partial charge in [-0.2, -0.15) is 11.8 Å². The van der Waals surface area contributed by atoms with Crippen molar-refractivity contribution in [1.29, 1.82) is 0 Å². The highest BCUT2D eigenvalue weighted by Crippen LogP contribution is 2.02. The second kappa shape index (κ2) is 7.53. The van der Waals surface area contributed by atoms with E-state index in [2.05, 4.69) is 16.3 Å². The summed E-state index contributed by atoms with van der Waals surface area (Å²) < 4.78 is 24.8. The van der Waals surface area contributed by atoms with E-state index in [-0.39, 0.29) is 0 Å². The standard InChI is InChI=1S/C10H24N2O2S2/c1-10(2,12-16(4,13)14)9-11-7-5-6-8-15-3/h11-12H,5-9H2,1-4H3. The molecule has 0 aliphatic carbocycles. The van der Waals surface area contributed by atoms with Gasteiger partial charge in [-0.15, -0.1) is 0 Å². The molecule has 0 atom stereocenters. The predicted octanol–water partition coefficient (Wildman–Crippen LogP) is 1.05. The summed E-state index contributed by atoms with van der Waals surface area (Å²) in [5.41, 5.74) is -0.424. The lowest BCUT2D eigenvalue weighted by molar-refractivity contribution is 0.420. The minimum atomic E-state index is -3.13. The van der Waals surface area contributed by atoms with Crippen LogP contribution in [0.15, 0.2) is 0 Å². The van der Waals surface area contributed by atoms with Gasteiger partial charge < -0.3 is 5.32 Å². The molecule has 0 amide bonds. The fourth-order valence-corrected chi connectivity index (χ4v) is 3.00. The van der Waals surface area contributed by atoms with Crippen LogP contribution < -0.4 is 10.0 Å². The zero-order valence-corrected chi connectivity index (χ0v) is 12.3. The van der Waals surface area contributed by atoms with Gasteiger partial charge in [0.15, 0.2) is 0 Å². The van der Waals surface area contributed by atoms with Crippen LogP contribution in [-0.2, 0) is 10.0 Å². The molecule has 0 unspecified atom stereocenters. The van der Waals surface area contributed by atoms with Gasteiger partial charge in [0.2, 0.25) is 10.0 Å². The summed E-state index contributed by atoms with van der Waals surface area (Å²) in [6, 6.07) is 0. The van der Waals surface area contributed by atoms with Crippen molar-refractivity contribution in [2.45, 2.75) is 32.2 Å². The summed E-state index contributed by atoms with van der Waals surface area (Å²) in [5, 5.41) is 3.27. The quantitative estimate of drug-likeness (QED) is 0.614. The van der Waals surface area contributed by atoms with E-state index >= 15 is 0 Å². The van der Waals surface area contributed by atoms with Crippen LogP contribution >= 0.6 is 11.8 Å². The van der Waals surface area contributed by atoms with Crippen LogP contribution in [-0.4, -0.2) is 45.3 Å². The minimum absolute atomic E-state index is 0.424. The lowest BCUT2D eigenvalue weighted by Crippen LogP contribution is -2.50. The SMILES string of the molecule is CSCCCCNCC(C)(C)NS(C)(=O)=O. The number of hydrogen-bond acceptors (Lipinski definition) is 4. The average molecular weight is 268 g/mol. The van der Waals surface area contributed by atoms with Crippen molar-refractivity contribution < 1.29 is 8.42 Å². The van der Waals surface area contributed by atoms with E-state index < -0.39 is 15.6 Å². The molecule has 2 N–H and O–H groups in total. The van der Waals surface area contributed by atoms with E-state index in [9.17, 15) is 8.42 Å². The van der Waals surface area contributed by atoms with Gasteiger partial charge in [-0.3, -0.25) is 0 Å². The molecule has 4 nitrogen and oxygen atoms in total. The maximum atomic E-state index is 11.1. The second-order valence-electron chi connectivity index (χ2n) is 4.63. The summed E-state index contributed by atoms with van der Waals surface area (Å²) in [6.07, 6.45) is 5.63. The first kappa shape index (κ1) is 16.2. The summed E-state index contributed by atoms with van der Waals surface area (Å²) in [6.45, 7) is 5.35. The molecular formula is C10H24N2O2S2. The Kier molecular flexibility index (Phi) is 7.63. The molecule has 0 saturated carbocycles. The second-order valence-corrected chi connectivity index (χ2v) is 7.37. The van der Waals surface area contributed by atoms with E-state index in [1.165, 1.54) is 18.4 Å². The molecule has 98 valence electrons. The number of nitrogens with one attached hydrogen (secondary N) is 2. The van der Waals surface area contributed by atoms with Gasteiger partial charge in [0.05, 0.1) is 6.26 Å². The van der Waals surface area contributed by atoms with Crippen molar-refractivity contribution in [2.75, 3.05) is 31.4 Å². The number of sulfonamides is 1. The molecular weight excluding hydrogens is 244 g/mol. The lowest BCUT2D eigenvalue weighted by atomic mass is 10.1. The first-order chi connectivity index (χ1) is 7.27. The molecule has 0 bridgehead atoms. The Morgan fingerprint density at radius 3 is 2.38 bits per heavy atom. The van der Waals surface area contributed by atoms with Crippen LogP contribution in [0.25, 0.3) is 0 Å². The third-order valence-corrected chi connectivity index (χ3v) is 3.60. The Morgan fingerprint density at radius 2 is 1.88 bits per heavy atom. The Balaban J connectivity index is 3.66. The van der Waals surface area contributed by atoms with Crippen molar-refractivity contribution in [3.63, 3.8) is 0 Å². The summed E-state index contributed by atoms with van der Waals surface area (Å²) >= 11 is 1.85. The van der Waals surface area contributed by atoms with E-state index in [0.29, 0.717) is 6.54 Å². The van der Waals surface area contributed by atoms with Gasteiger partial charge in [-0.05, 0) is 45.2 Å². The molecule has 0 aliphatic heterocycles. The highest BCUT2D eigenvalue weighted by Gasteiger charge is 2.21. The fourth-order valence-electron chi connectivity index (χ4n) is 1.44. The molecule has 0 aromatic heterocycles. The minimum Gasteiger partial charge on any atom is -0.315 e. The predicted molar refractivity (Wildman–Crippen MR) is 72.5 cm³/mol. The first-order valence-electron chi connectivity index (χ1n) is 5.45. The molecule has 16 heavy (non-hydrogen) atoms. The van der Waals surface area contributed by atoms with Crippen LogP contribution in [0.5, 0.6) is 0 Å². The van der Waals surface area contributed by atoms with Crippen molar-refractivity contribution >= 4 is 21.8 Å². The Hall–Kier alpha value is 0.220. The third-order valence-electron chi connectivity index (χ3n) is 1.98. The molecule has 0 saturated heterocycles. The average Bonchev–Trinajstić information content (AvgIpc) is 2.06. The van der Waals surface area contributed by atoms with Crippen LogP contribution in [0.3, 0.4) is 0 Å². The van der Waals surface area contributed by atoms with Crippen LogP contribution in [0.4, 0.5) is 0 Å². The van der Waals surface area contributed by atoms with Crippen molar-refractivity contribution in [3.8, 4) is 0 Å². The normalized spacial score (nSPS) is 13.0. The molecule has 0 fully saturated rings. The maximum absolute atomic E-state index is 11.1.